The van der Waals surface area contributed by atoms with Crippen LogP contribution in [0.4, 0.5) is 5.69 Å². The summed E-state index contributed by atoms with van der Waals surface area (Å²) in [5.41, 5.74) is 2.34. The number of carbonyl (C=O) groups is 1. The highest BCUT2D eigenvalue weighted by atomic mass is 16.1. The van der Waals surface area contributed by atoms with E-state index in [1.54, 1.807) is 29.7 Å². The number of carbonyl (C=O) groups excluding carboxylic acids is 1. The second-order valence-corrected chi connectivity index (χ2v) is 7.17. The number of aromatic nitrogens is 1. The summed E-state index contributed by atoms with van der Waals surface area (Å²) in [7, 11) is 0. The van der Waals surface area contributed by atoms with Crippen molar-refractivity contribution in [3.8, 4) is 17.2 Å². The Labute approximate surface area is 164 Å². The van der Waals surface area contributed by atoms with Crippen molar-refractivity contribution in [3.05, 3.63) is 64.6 Å². The number of nitrogens with one attached hydrogen (secondary N) is 1. The zero-order chi connectivity index (χ0) is 20.3. The number of fused-ring (bicyclic) bond motifs is 1. The molecule has 0 unspecified atom stereocenters. The molecular formula is C23H23N3O2. The van der Waals surface area contributed by atoms with Crippen molar-refractivity contribution < 1.29 is 4.79 Å². The van der Waals surface area contributed by atoms with Gasteiger partial charge in [-0.15, -0.1) is 0 Å². The molecule has 2 aromatic carbocycles. The molecule has 1 N–H and O–H groups in total. The molecule has 28 heavy (non-hydrogen) atoms. The molecule has 142 valence electrons. The molecule has 0 bridgehead atoms. The third kappa shape index (κ3) is 3.67. The molecule has 0 saturated heterocycles. The Hall–Kier alpha value is -3.39. The van der Waals surface area contributed by atoms with E-state index in [-0.39, 0.29) is 17.4 Å². The maximum atomic E-state index is 13.1. The Morgan fingerprint density at radius 1 is 1.14 bits per heavy atom. The largest absolute Gasteiger partial charge is 0.326 e. The Kier molecular flexibility index (Phi) is 5.60. The maximum Gasteiger partial charge on any atom is 0.259 e. The molecule has 1 aromatic heterocycles. The zero-order valence-corrected chi connectivity index (χ0v) is 16.3. The summed E-state index contributed by atoms with van der Waals surface area (Å²) in [4.78, 5) is 24.9. The van der Waals surface area contributed by atoms with Gasteiger partial charge in [-0.3, -0.25) is 14.2 Å². The molecule has 3 aromatic rings. The van der Waals surface area contributed by atoms with Crippen LogP contribution in [0.15, 0.2) is 53.3 Å². The molecule has 0 fully saturated rings. The second-order valence-electron chi connectivity index (χ2n) is 7.17. The van der Waals surface area contributed by atoms with E-state index >= 15 is 0 Å². The molecule has 3 rings (SSSR count). The van der Waals surface area contributed by atoms with Gasteiger partial charge in [-0.2, -0.15) is 5.26 Å². The minimum atomic E-state index is -0.187. The van der Waals surface area contributed by atoms with Gasteiger partial charge in [0.15, 0.2) is 0 Å². The fraction of sp³-hybridized carbons (Fsp3) is 0.261. The standard InChI is InChI=1S/C23H23N3O2/c1-4-21(27)25-17-10-11-18-19(12-17)22(16-8-6-5-7-9-16)20(13-24)26(23(18)28)14-15(2)3/h5-12,15H,4,14H2,1-3H3,(H,25,27). The van der Waals surface area contributed by atoms with E-state index in [1.807, 2.05) is 44.2 Å². The summed E-state index contributed by atoms with van der Waals surface area (Å²) in [6, 6.07) is 17.1. The van der Waals surface area contributed by atoms with Crippen molar-refractivity contribution in [3.63, 3.8) is 0 Å². The third-order valence-corrected chi connectivity index (χ3v) is 4.59. The first kappa shape index (κ1) is 19.4. The number of pyridine rings is 1. The summed E-state index contributed by atoms with van der Waals surface area (Å²) in [5.74, 6) is 0.114. The van der Waals surface area contributed by atoms with Crippen molar-refractivity contribution in [2.75, 3.05) is 5.32 Å². The van der Waals surface area contributed by atoms with Gasteiger partial charge >= 0.3 is 0 Å². The van der Waals surface area contributed by atoms with Crippen molar-refractivity contribution in [1.82, 2.24) is 4.57 Å². The van der Waals surface area contributed by atoms with Gasteiger partial charge in [0, 0.05) is 29.6 Å². The SMILES string of the molecule is CCC(=O)Nc1ccc2c(=O)n(CC(C)C)c(C#N)c(-c3ccccc3)c2c1. The molecule has 1 heterocycles. The lowest BCUT2D eigenvalue weighted by Gasteiger charge is -2.18. The number of amides is 1. The summed E-state index contributed by atoms with van der Waals surface area (Å²) >= 11 is 0. The topological polar surface area (TPSA) is 74.9 Å². The van der Waals surface area contributed by atoms with Crippen molar-refractivity contribution in [1.29, 1.82) is 5.26 Å². The van der Waals surface area contributed by atoms with Crippen molar-refractivity contribution >= 4 is 22.4 Å². The first-order valence-corrected chi connectivity index (χ1v) is 9.42. The number of anilines is 1. The predicted octanol–water partition coefficient (Wildman–Crippen LogP) is 4.54. The number of nitriles is 1. The Morgan fingerprint density at radius 2 is 1.86 bits per heavy atom. The van der Waals surface area contributed by atoms with Crippen LogP contribution in [0.25, 0.3) is 21.9 Å². The highest BCUT2D eigenvalue weighted by Crippen LogP contribution is 2.32. The smallest absolute Gasteiger partial charge is 0.259 e. The second kappa shape index (κ2) is 8.10. The molecule has 0 spiro atoms. The number of rotatable bonds is 5. The van der Waals surface area contributed by atoms with Crippen molar-refractivity contribution in [2.24, 2.45) is 5.92 Å². The molecule has 0 radical (unpaired) electrons. The van der Waals surface area contributed by atoms with Crippen LogP contribution in [-0.2, 0) is 11.3 Å². The van der Waals surface area contributed by atoms with Gasteiger partial charge < -0.3 is 5.32 Å². The molecule has 0 aliphatic carbocycles. The number of nitrogens with zero attached hydrogens (tertiary/aromatic N) is 2. The van der Waals surface area contributed by atoms with E-state index in [9.17, 15) is 14.9 Å². The van der Waals surface area contributed by atoms with Crippen LogP contribution in [0.5, 0.6) is 0 Å². The quantitative estimate of drug-likeness (QED) is 0.713. The summed E-state index contributed by atoms with van der Waals surface area (Å²) < 4.78 is 1.57. The van der Waals surface area contributed by atoms with Gasteiger partial charge in [-0.05, 0) is 35.1 Å². The predicted molar refractivity (Wildman–Crippen MR) is 112 cm³/mol. The van der Waals surface area contributed by atoms with Crippen LogP contribution in [0.2, 0.25) is 0 Å². The van der Waals surface area contributed by atoms with Gasteiger partial charge in [0.2, 0.25) is 5.91 Å². The average Bonchev–Trinajstić information content (AvgIpc) is 2.70. The molecule has 0 aliphatic rings. The van der Waals surface area contributed by atoms with Crippen LogP contribution in [-0.4, -0.2) is 10.5 Å². The molecule has 5 heteroatoms. The average molecular weight is 373 g/mol. The van der Waals surface area contributed by atoms with Crippen LogP contribution >= 0.6 is 0 Å². The van der Waals surface area contributed by atoms with Gasteiger partial charge in [-0.1, -0.05) is 51.1 Å². The minimum absolute atomic E-state index is 0.103. The van der Waals surface area contributed by atoms with Gasteiger partial charge in [0.1, 0.15) is 11.8 Å². The lowest BCUT2D eigenvalue weighted by Crippen LogP contribution is -2.26. The third-order valence-electron chi connectivity index (χ3n) is 4.59. The number of hydrogen-bond donors (Lipinski definition) is 1. The molecule has 0 aliphatic heterocycles. The lowest BCUT2D eigenvalue weighted by molar-refractivity contribution is -0.115. The normalized spacial score (nSPS) is 10.8. The van der Waals surface area contributed by atoms with Gasteiger partial charge in [0.25, 0.3) is 5.56 Å². The fourth-order valence-electron chi connectivity index (χ4n) is 3.33. The zero-order valence-electron chi connectivity index (χ0n) is 16.3. The van der Waals surface area contributed by atoms with E-state index < -0.39 is 0 Å². The highest BCUT2D eigenvalue weighted by Gasteiger charge is 2.19. The molecule has 5 nitrogen and oxygen atoms in total. The summed E-state index contributed by atoms with van der Waals surface area (Å²) in [5, 5.41) is 14.0. The Balaban J connectivity index is 2.40. The van der Waals surface area contributed by atoms with Crippen LogP contribution < -0.4 is 10.9 Å². The number of hydrogen-bond acceptors (Lipinski definition) is 3. The van der Waals surface area contributed by atoms with E-state index in [1.165, 1.54) is 0 Å². The minimum Gasteiger partial charge on any atom is -0.326 e. The fourth-order valence-corrected chi connectivity index (χ4v) is 3.33. The first-order chi connectivity index (χ1) is 13.5. The van der Waals surface area contributed by atoms with Crippen LogP contribution in [0.3, 0.4) is 0 Å². The summed E-state index contributed by atoms with van der Waals surface area (Å²) in [6.07, 6.45) is 0.364. The van der Waals surface area contributed by atoms with Crippen LogP contribution in [0, 0.1) is 17.2 Å². The van der Waals surface area contributed by atoms with Gasteiger partial charge in [-0.25, -0.2) is 0 Å². The monoisotopic (exact) mass is 373 g/mol. The van der Waals surface area contributed by atoms with Crippen LogP contribution in [0.1, 0.15) is 32.9 Å². The molecular weight excluding hydrogens is 350 g/mol. The molecule has 1 amide bonds. The Morgan fingerprint density at radius 3 is 2.46 bits per heavy atom. The van der Waals surface area contributed by atoms with Crippen molar-refractivity contribution in [2.45, 2.75) is 33.7 Å². The first-order valence-electron chi connectivity index (χ1n) is 9.42. The highest BCUT2D eigenvalue weighted by molar-refractivity contribution is 6.01. The number of benzene rings is 2. The van der Waals surface area contributed by atoms with E-state index in [0.717, 1.165) is 5.56 Å². The van der Waals surface area contributed by atoms with E-state index in [4.69, 9.17) is 0 Å². The van der Waals surface area contributed by atoms with E-state index in [2.05, 4.69) is 11.4 Å². The Bertz CT molecular complexity index is 1120. The summed E-state index contributed by atoms with van der Waals surface area (Å²) in [6.45, 7) is 6.28. The molecule has 0 saturated carbocycles. The maximum absolute atomic E-state index is 13.1. The lowest BCUT2D eigenvalue weighted by atomic mass is 9.96. The van der Waals surface area contributed by atoms with Gasteiger partial charge in [0.05, 0.1) is 0 Å². The van der Waals surface area contributed by atoms with E-state index in [0.29, 0.717) is 40.7 Å². The molecule has 0 atom stereocenters.